The third-order valence-corrected chi connectivity index (χ3v) is 6.51. The lowest BCUT2D eigenvalue weighted by Crippen LogP contribution is -2.21. The lowest BCUT2D eigenvalue weighted by atomic mass is 10.1. The zero-order valence-corrected chi connectivity index (χ0v) is 17.8. The van der Waals surface area contributed by atoms with Crippen LogP contribution in [0.3, 0.4) is 0 Å². The quantitative estimate of drug-likeness (QED) is 0.319. The number of hydrogen-bond donors (Lipinski definition) is 1. The number of carbonyl (C=O) groups is 1. The van der Waals surface area contributed by atoms with Gasteiger partial charge in [-0.3, -0.25) is 4.79 Å². The third kappa shape index (κ3) is 6.03. The molecule has 3 rings (SSSR count). The van der Waals surface area contributed by atoms with E-state index in [-0.39, 0.29) is 16.5 Å². The molecular weight excluding hydrogens is 409 g/mol. The lowest BCUT2D eigenvalue weighted by molar-refractivity contribution is -0.116. The minimum Gasteiger partial charge on any atom is -0.326 e. The Balaban J connectivity index is 1.75. The molecule has 0 bridgehead atoms. The molecule has 0 aliphatic rings. The van der Waals surface area contributed by atoms with Crippen LogP contribution in [0, 0.1) is 6.92 Å². The van der Waals surface area contributed by atoms with Crippen LogP contribution in [0.15, 0.2) is 83.8 Å². The van der Waals surface area contributed by atoms with Gasteiger partial charge in [0, 0.05) is 27.3 Å². The number of nitrogens with one attached hydrogen (secondary N) is 1. The highest BCUT2D eigenvalue weighted by Crippen LogP contribution is 2.38. The monoisotopic (exact) mass is 429 g/mol. The number of rotatable bonds is 7. The molecule has 1 N–H and O–H groups in total. The summed E-state index contributed by atoms with van der Waals surface area (Å²) < 4.78 is 0. The van der Waals surface area contributed by atoms with E-state index in [2.05, 4.69) is 36.5 Å². The minimum absolute atomic E-state index is 0.0754. The van der Waals surface area contributed by atoms with E-state index < -0.39 is 0 Å². The second kappa shape index (κ2) is 10.0. The van der Waals surface area contributed by atoms with E-state index in [1.165, 1.54) is 5.56 Å². The third-order valence-electron chi connectivity index (χ3n) is 4.27. The van der Waals surface area contributed by atoms with Crippen LogP contribution in [0.2, 0.25) is 5.02 Å². The van der Waals surface area contributed by atoms with Crippen LogP contribution in [0.4, 0.5) is 5.69 Å². The molecular formula is C23H21Cl2NOS. The van der Waals surface area contributed by atoms with Gasteiger partial charge in [0.25, 0.3) is 0 Å². The van der Waals surface area contributed by atoms with Crippen molar-refractivity contribution in [3.63, 3.8) is 0 Å². The molecule has 2 nitrogen and oxygen atoms in total. The van der Waals surface area contributed by atoms with E-state index in [1.807, 2.05) is 30.3 Å². The summed E-state index contributed by atoms with van der Waals surface area (Å²) in [4.78, 5) is 13.8. The number of carbonyl (C=O) groups excluding carboxylic acids is 1. The topological polar surface area (TPSA) is 29.1 Å². The molecule has 0 aromatic heterocycles. The van der Waals surface area contributed by atoms with Gasteiger partial charge in [0.15, 0.2) is 0 Å². The fourth-order valence-electron chi connectivity index (χ4n) is 2.78. The molecule has 0 saturated carbocycles. The summed E-state index contributed by atoms with van der Waals surface area (Å²) in [7, 11) is 0. The molecule has 5 heteroatoms. The Morgan fingerprint density at radius 1 is 0.964 bits per heavy atom. The Bertz CT molecular complexity index is 898. The molecule has 3 aromatic rings. The molecule has 0 aliphatic carbocycles. The first-order valence-electron chi connectivity index (χ1n) is 8.99. The van der Waals surface area contributed by atoms with Crippen molar-refractivity contribution in [2.24, 2.45) is 0 Å². The number of alkyl halides is 1. The molecule has 1 amide bonds. The molecule has 0 saturated heterocycles. The Morgan fingerprint density at radius 3 is 2.25 bits per heavy atom. The first-order chi connectivity index (χ1) is 13.5. The fraction of sp³-hybridized carbons (Fsp3) is 0.174. The maximum absolute atomic E-state index is 12.7. The summed E-state index contributed by atoms with van der Waals surface area (Å²) in [5.74, 6) is -0.0754. The Morgan fingerprint density at radius 2 is 1.61 bits per heavy atom. The van der Waals surface area contributed by atoms with Crippen molar-refractivity contribution in [3.8, 4) is 0 Å². The summed E-state index contributed by atoms with van der Waals surface area (Å²) in [6, 6.07) is 25.2. The van der Waals surface area contributed by atoms with Crippen LogP contribution in [-0.4, -0.2) is 11.2 Å². The van der Waals surface area contributed by atoms with Crippen molar-refractivity contribution in [1.29, 1.82) is 0 Å². The Labute approximate surface area is 180 Å². The number of aryl methyl sites for hydroxylation is 1. The highest BCUT2D eigenvalue weighted by atomic mass is 35.5. The highest BCUT2D eigenvalue weighted by molar-refractivity contribution is 8.00. The van der Waals surface area contributed by atoms with Gasteiger partial charge in [-0.05, 0) is 48.9 Å². The van der Waals surface area contributed by atoms with Crippen LogP contribution >= 0.6 is 35.0 Å². The zero-order valence-electron chi connectivity index (χ0n) is 15.4. The van der Waals surface area contributed by atoms with Gasteiger partial charge < -0.3 is 5.32 Å². The summed E-state index contributed by atoms with van der Waals surface area (Å²) in [6.45, 7) is 2.06. The van der Waals surface area contributed by atoms with Crippen molar-refractivity contribution in [3.05, 3.63) is 95.0 Å². The van der Waals surface area contributed by atoms with E-state index in [9.17, 15) is 4.79 Å². The molecule has 144 valence electrons. The average Bonchev–Trinajstić information content (AvgIpc) is 2.71. The summed E-state index contributed by atoms with van der Waals surface area (Å²) in [5, 5.41) is 3.17. The molecule has 2 atom stereocenters. The van der Waals surface area contributed by atoms with Gasteiger partial charge in [0.2, 0.25) is 5.91 Å². The van der Waals surface area contributed by atoms with Crippen LogP contribution in [0.5, 0.6) is 0 Å². The van der Waals surface area contributed by atoms with Crippen LogP contribution in [-0.2, 0) is 4.79 Å². The van der Waals surface area contributed by atoms with Crippen molar-refractivity contribution in [1.82, 2.24) is 0 Å². The molecule has 28 heavy (non-hydrogen) atoms. The summed E-state index contributed by atoms with van der Waals surface area (Å²) >= 11 is 14.3. The van der Waals surface area contributed by atoms with E-state index in [0.717, 1.165) is 16.1 Å². The van der Waals surface area contributed by atoms with Crippen molar-refractivity contribution >= 4 is 46.6 Å². The van der Waals surface area contributed by atoms with Crippen molar-refractivity contribution < 1.29 is 4.79 Å². The molecule has 0 radical (unpaired) electrons. The molecule has 2 unspecified atom stereocenters. The second-order valence-electron chi connectivity index (χ2n) is 6.54. The first kappa shape index (κ1) is 20.8. The minimum atomic E-state index is -0.288. The molecule has 0 aliphatic heterocycles. The maximum Gasteiger partial charge on any atom is 0.225 e. The number of benzene rings is 3. The van der Waals surface area contributed by atoms with Gasteiger partial charge in [0.05, 0.1) is 5.38 Å². The average molecular weight is 430 g/mol. The van der Waals surface area contributed by atoms with Gasteiger partial charge in [-0.2, -0.15) is 0 Å². The summed E-state index contributed by atoms with van der Waals surface area (Å²) in [5.41, 5.74) is 2.93. The predicted molar refractivity (Wildman–Crippen MR) is 121 cm³/mol. The van der Waals surface area contributed by atoms with Crippen molar-refractivity contribution in [2.45, 2.75) is 28.9 Å². The number of thioether (sulfide) groups is 1. The first-order valence-corrected chi connectivity index (χ1v) is 10.7. The van der Waals surface area contributed by atoms with Crippen molar-refractivity contribution in [2.75, 3.05) is 5.32 Å². The number of anilines is 1. The smallest absolute Gasteiger partial charge is 0.225 e. The Hall–Kier alpha value is -1.94. The number of amides is 1. The SMILES string of the molecule is Cc1ccc(SC(CC(=O)Nc2ccc(Cl)cc2)C(Cl)c2ccccc2)cc1. The van der Waals surface area contributed by atoms with E-state index >= 15 is 0 Å². The van der Waals surface area contributed by atoms with Crippen LogP contribution < -0.4 is 5.32 Å². The zero-order chi connectivity index (χ0) is 19.9. The molecule has 0 fully saturated rings. The fourth-order valence-corrected chi connectivity index (χ4v) is 4.44. The van der Waals surface area contributed by atoms with E-state index in [0.29, 0.717) is 11.4 Å². The normalized spacial score (nSPS) is 13.0. The number of halogens is 2. The van der Waals surface area contributed by atoms with Gasteiger partial charge in [-0.25, -0.2) is 0 Å². The standard InChI is InChI=1S/C23H21Cl2NOS/c1-16-7-13-20(14-8-16)28-21(23(25)17-5-3-2-4-6-17)15-22(27)26-19-11-9-18(24)10-12-19/h2-14,21,23H,15H2,1H3,(H,26,27). The van der Waals surface area contributed by atoms with Gasteiger partial charge in [-0.1, -0.05) is 59.6 Å². The van der Waals surface area contributed by atoms with E-state index in [1.54, 1.807) is 36.0 Å². The molecule has 0 spiro atoms. The maximum atomic E-state index is 12.7. The lowest BCUT2D eigenvalue weighted by Gasteiger charge is -2.22. The largest absolute Gasteiger partial charge is 0.326 e. The molecule has 0 heterocycles. The second-order valence-corrected chi connectivity index (χ2v) is 8.76. The van der Waals surface area contributed by atoms with Gasteiger partial charge >= 0.3 is 0 Å². The van der Waals surface area contributed by atoms with E-state index in [4.69, 9.17) is 23.2 Å². The number of hydrogen-bond acceptors (Lipinski definition) is 2. The molecule has 3 aromatic carbocycles. The van der Waals surface area contributed by atoms with Gasteiger partial charge in [0.1, 0.15) is 0 Å². The summed E-state index contributed by atoms with van der Waals surface area (Å²) in [6.07, 6.45) is 0.296. The van der Waals surface area contributed by atoms with Gasteiger partial charge in [-0.15, -0.1) is 23.4 Å². The van der Waals surface area contributed by atoms with Crippen LogP contribution in [0.25, 0.3) is 0 Å². The predicted octanol–water partition coefficient (Wildman–Crippen LogP) is 7.12. The highest BCUT2D eigenvalue weighted by Gasteiger charge is 2.25. The van der Waals surface area contributed by atoms with Crippen LogP contribution in [0.1, 0.15) is 22.9 Å². The Kier molecular flexibility index (Phi) is 7.43.